The molecule has 3 heterocycles. The second-order valence-electron chi connectivity index (χ2n) is 8.61. The molecule has 0 aliphatic rings. The number of benzene rings is 1. The molecule has 0 unspecified atom stereocenters. The molecule has 0 atom stereocenters. The van der Waals surface area contributed by atoms with Crippen LogP contribution in [0.2, 0.25) is 0 Å². The third kappa shape index (κ3) is 5.37. The highest BCUT2D eigenvalue weighted by molar-refractivity contribution is 6.03. The van der Waals surface area contributed by atoms with E-state index in [0.29, 0.717) is 11.5 Å². The lowest BCUT2D eigenvalue weighted by atomic mass is 10.00. The van der Waals surface area contributed by atoms with E-state index in [1.165, 1.54) is 12.1 Å². The maximum Gasteiger partial charge on any atom is 0.408 e. The summed E-state index contributed by atoms with van der Waals surface area (Å²) in [5.41, 5.74) is 3.25. The number of hydrogen-bond donors (Lipinski definition) is 3. The van der Waals surface area contributed by atoms with Crippen molar-refractivity contribution in [3.8, 4) is 22.4 Å². The van der Waals surface area contributed by atoms with Gasteiger partial charge in [0.1, 0.15) is 29.4 Å². The van der Waals surface area contributed by atoms with E-state index in [9.17, 15) is 14.0 Å². The Morgan fingerprint density at radius 1 is 1.00 bits per heavy atom. The second-order valence-corrected chi connectivity index (χ2v) is 8.61. The fraction of sp³-hybridized carbons (Fsp3) is 0.200. The lowest BCUT2D eigenvalue weighted by Crippen LogP contribution is -2.37. The van der Waals surface area contributed by atoms with Gasteiger partial charge in [-0.3, -0.25) is 9.78 Å². The van der Waals surface area contributed by atoms with Crippen molar-refractivity contribution in [3.63, 3.8) is 0 Å². The van der Waals surface area contributed by atoms with Crippen molar-refractivity contribution in [2.75, 3.05) is 11.9 Å². The Hall–Kier alpha value is -4.27. The van der Waals surface area contributed by atoms with E-state index in [-0.39, 0.29) is 12.4 Å². The number of halogens is 1. The molecular weight excluding hydrogens is 437 g/mol. The number of fused-ring (bicyclic) bond motifs is 1. The number of ether oxygens (including phenoxy) is 1. The standard InChI is InChI=1S/C25H24FN5O3/c1-25(2,3)34-24(33)28-14-20(32)29-19-9-8-18-21(15-10-12-27-13-11-15)22(31-23(18)30-19)16-4-6-17(26)7-5-16/h4-13H,14H2,1-3H3,(H,28,33)(H2,29,30,31,32). The summed E-state index contributed by atoms with van der Waals surface area (Å²) < 4.78 is 18.6. The first-order chi connectivity index (χ1) is 16.2. The van der Waals surface area contributed by atoms with Gasteiger partial charge in [-0.15, -0.1) is 0 Å². The third-order valence-corrected chi connectivity index (χ3v) is 4.82. The number of carbonyl (C=O) groups is 2. The Kier molecular flexibility index (Phi) is 6.27. The van der Waals surface area contributed by atoms with Crippen molar-refractivity contribution in [3.05, 3.63) is 66.7 Å². The van der Waals surface area contributed by atoms with Gasteiger partial charge in [0, 0.05) is 23.3 Å². The first-order valence-corrected chi connectivity index (χ1v) is 10.7. The van der Waals surface area contributed by atoms with E-state index >= 15 is 0 Å². The molecule has 8 nitrogen and oxygen atoms in total. The highest BCUT2D eigenvalue weighted by Gasteiger charge is 2.18. The molecule has 9 heteroatoms. The molecule has 34 heavy (non-hydrogen) atoms. The van der Waals surface area contributed by atoms with Gasteiger partial charge >= 0.3 is 6.09 Å². The van der Waals surface area contributed by atoms with Crippen LogP contribution < -0.4 is 10.6 Å². The molecule has 2 amide bonds. The van der Waals surface area contributed by atoms with Gasteiger partial charge < -0.3 is 20.4 Å². The van der Waals surface area contributed by atoms with Crippen molar-refractivity contribution in [2.24, 2.45) is 0 Å². The molecule has 0 saturated carbocycles. The summed E-state index contributed by atoms with van der Waals surface area (Å²) in [7, 11) is 0. The normalized spacial score (nSPS) is 11.3. The quantitative estimate of drug-likeness (QED) is 0.392. The molecule has 174 valence electrons. The van der Waals surface area contributed by atoms with Crippen LogP contribution in [0, 0.1) is 5.82 Å². The average molecular weight is 461 g/mol. The summed E-state index contributed by atoms with van der Waals surface area (Å²) in [6.45, 7) is 4.95. The smallest absolute Gasteiger partial charge is 0.408 e. The molecule has 0 fully saturated rings. The van der Waals surface area contributed by atoms with Gasteiger partial charge in [-0.05, 0) is 80.4 Å². The molecule has 3 N–H and O–H groups in total. The van der Waals surface area contributed by atoms with Crippen LogP contribution in [0.15, 0.2) is 60.9 Å². The Morgan fingerprint density at radius 3 is 2.38 bits per heavy atom. The number of aromatic amines is 1. The molecule has 0 aliphatic carbocycles. The highest BCUT2D eigenvalue weighted by atomic mass is 19.1. The molecule has 0 bridgehead atoms. The monoisotopic (exact) mass is 461 g/mol. The van der Waals surface area contributed by atoms with Gasteiger partial charge in [0.25, 0.3) is 0 Å². The minimum atomic E-state index is -0.679. The molecule has 4 aromatic rings. The molecule has 1 aromatic carbocycles. The van der Waals surface area contributed by atoms with Crippen LogP contribution in [0.4, 0.5) is 15.0 Å². The second kappa shape index (κ2) is 9.30. The fourth-order valence-electron chi connectivity index (χ4n) is 3.45. The van der Waals surface area contributed by atoms with E-state index in [2.05, 4.69) is 25.6 Å². The molecule has 0 aliphatic heterocycles. The van der Waals surface area contributed by atoms with E-state index < -0.39 is 17.6 Å². The Balaban J connectivity index is 1.61. The number of anilines is 1. The summed E-state index contributed by atoms with van der Waals surface area (Å²) in [6, 6.07) is 13.5. The number of hydrogen-bond acceptors (Lipinski definition) is 5. The summed E-state index contributed by atoms with van der Waals surface area (Å²) in [5.74, 6) is -0.456. The lowest BCUT2D eigenvalue weighted by molar-refractivity contribution is -0.115. The van der Waals surface area contributed by atoms with Crippen LogP contribution in [0.3, 0.4) is 0 Å². The van der Waals surface area contributed by atoms with Gasteiger partial charge in [0.2, 0.25) is 5.91 Å². The lowest BCUT2D eigenvalue weighted by Gasteiger charge is -2.19. The minimum absolute atomic E-state index is 0.261. The van der Waals surface area contributed by atoms with E-state index in [0.717, 1.165) is 27.8 Å². The topological polar surface area (TPSA) is 109 Å². The number of amides is 2. The Labute approximate surface area is 195 Å². The molecule has 0 saturated heterocycles. The van der Waals surface area contributed by atoms with Gasteiger partial charge in [0.15, 0.2) is 0 Å². The molecule has 4 rings (SSSR count). The largest absolute Gasteiger partial charge is 0.444 e. The summed E-state index contributed by atoms with van der Waals surface area (Å²) in [6.07, 6.45) is 2.71. The maximum atomic E-state index is 13.5. The highest BCUT2D eigenvalue weighted by Crippen LogP contribution is 2.38. The Morgan fingerprint density at radius 2 is 1.71 bits per heavy atom. The Bertz CT molecular complexity index is 1330. The van der Waals surface area contributed by atoms with Crippen LogP contribution >= 0.6 is 0 Å². The summed E-state index contributed by atoms with van der Waals surface area (Å²) in [5, 5.41) is 5.91. The zero-order chi connectivity index (χ0) is 24.3. The summed E-state index contributed by atoms with van der Waals surface area (Å²) >= 11 is 0. The third-order valence-electron chi connectivity index (χ3n) is 4.82. The van der Waals surface area contributed by atoms with Crippen molar-refractivity contribution in [1.29, 1.82) is 0 Å². The maximum absolute atomic E-state index is 13.5. The molecule has 0 radical (unpaired) electrons. The number of nitrogens with zero attached hydrogens (tertiary/aromatic N) is 2. The number of carbonyl (C=O) groups excluding carboxylic acids is 2. The van der Waals surface area contributed by atoms with E-state index in [4.69, 9.17) is 4.74 Å². The van der Waals surface area contributed by atoms with E-state index in [1.54, 1.807) is 51.4 Å². The van der Waals surface area contributed by atoms with Crippen LogP contribution in [-0.4, -0.2) is 39.1 Å². The molecule has 3 aromatic heterocycles. The van der Waals surface area contributed by atoms with Crippen LogP contribution in [0.5, 0.6) is 0 Å². The minimum Gasteiger partial charge on any atom is -0.444 e. The van der Waals surface area contributed by atoms with Crippen LogP contribution in [0.1, 0.15) is 20.8 Å². The first-order valence-electron chi connectivity index (χ1n) is 10.7. The average Bonchev–Trinajstić information content (AvgIpc) is 3.16. The molecule has 0 spiro atoms. The summed E-state index contributed by atoms with van der Waals surface area (Å²) in [4.78, 5) is 36.0. The van der Waals surface area contributed by atoms with Crippen molar-refractivity contribution in [1.82, 2.24) is 20.3 Å². The van der Waals surface area contributed by atoms with Gasteiger partial charge in [-0.25, -0.2) is 14.2 Å². The molecular formula is C25H24FN5O3. The van der Waals surface area contributed by atoms with E-state index in [1.807, 2.05) is 18.2 Å². The zero-order valence-corrected chi connectivity index (χ0v) is 19.0. The van der Waals surface area contributed by atoms with Crippen molar-refractivity contribution >= 4 is 28.9 Å². The van der Waals surface area contributed by atoms with Crippen LogP contribution in [-0.2, 0) is 9.53 Å². The predicted octanol–water partition coefficient (Wildman–Crippen LogP) is 4.89. The predicted molar refractivity (Wildman–Crippen MR) is 128 cm³/mol. The van der Waals surface area contributed by atoms with Gasteiger partial charge in [-0.1, -0.05) is 0 Å². The van der Waals surface area contributed by atoms with Crippen molar-refractivity contribution < 1.29 is 18.7 Å². The van der Waals surface area contributed by atoms with Crippen molar-refractivity contribution in [2.45, 2.75) is 26.4 Å². The van der Waals surface area contributed by atoms with Gasteiger partial charge in [-0.2, -0.15) is 0 Å². The number of pyridine rings is 2. The number of H-pyrrole nitrogens is 1. The van der Waals surface area contributed by atoms with Crippen LogP contribution in [0.25, 0.3) is 33.4 Å². The van der Waals surface area contributed by atoms with Gasteiger partial charge in [0.05, 0.1) is 5.69 Å². The first kappa shape index (κ1) is 22.9. The number of alkyl carbamates (subject to hydrolysis) is 1. The number of aromatic nitrogens is 3. The SMILES string of the molecule is CC(C)(C)OC(=O)NCC(=O)Nc1ccc2c(-c3ccncc3)c(-c3ccc(F)cc3)[nH]c2n1. The zero-order valence-electron chi connectivity index (χ0n) is 19.0. The number of rotatable bonds is 5. The number of nitrogens with one attached hydrogen (secondary N) is 3. The fourth-order valence-corrected chi connectivity index (χ4v) is 3.45.